The zero-order chi connectivity index (χ0) is 16.4. The molecule has 1 aliphatic rings. The van der Waals surface area contributed by atoms with E-state index in [1.807, 2.05) is 18.9 Å². The molecule has 1 saturated heterocycles. The zero-order valence-electron chi connectivity index (χ0n) is 13.3. The number of nitrogens with zero attached hydrogens (tertiary/aromatic N) is 2. The Morgan fingerprint density at radius 1 is 1.43 bits per heavy atom. The summed E-state index contributed by atoms with van der Waals surface area (Å²) in [6, 6.07) is 6.66. The Hall–Kier alpha value is -1.79. The van der Waals surface area contributed by atoms with Crippen LogP contribution < -0.4 is 5.32 Å². The van der Waals surface area contributed by atoms with E-state index in [4.69, 9.17) is 0 Å². The fraction of sp³-hybridized carbons (Fsp3) is 0.412. The van der Waals surface area contributed by atoms with Gasteiger partial charge in [-0.15, -0.1) is 11.3 Å². The molecule has 0 radical (unpaired) electrons. The smallest absolute Gasteiger partial charge is 0.265 e. The van der Waals surface area contributed by atoms with Gasteiger partial charge >= 0.3 is 0 Å². The van der Waals surface area contributed by atoms with Crippen molar-refractivity contribution in [1.29, 1.82) is 0 Å². The lowest BCUT2D eigenvalue weighted by atomic mass is 10.1. The predicted molar refractivity (Wildman–Crippen MR) is 89.4 cm³/mol. The number of halogens is 1. The van der Waals surface area contributed by atoms with Gasteiger partial charge in [-0.3, -0.25) is 4.79 Å². The van der Waals surface area contributed by atoms with E-state index in [1.165, 1.54) is 23.5 Å². The molecule has 0 saturated carbocycles. The van der Waals surface area contributed by atoms with Crippen LogP contribution in [0.2, 0.25) is 0 Å². The molecule has 1 aromatic heterocycles. The molecule has 3 rings (SSSR count). The summed E-state index contributed by atoms with van der Waals surface area (Å²) in [6.45, 7) is 3.68. The third-order valence-corrected chi connectivity index (χ3v) is 5.35. The first-order chi connectivity index (χ1) is 11.0. The number of hydrogen-bond donors (Lipinski definition) is 1. The molecular weight excluding hydrogens is 313 g/mol. The molecule has 0 aliphatic carbocycles. The highest BCUT2D eigenvalue weighted by molar-refractivity contribution is 7.13. The molecule has 1 unspecified atom stereocenters. The Labute approximate surface area is 139 Å². The summed E-state index contributed by atoms with van der Waals surface area (Å²) in [5, 5.41) is 4.16. The van der Waals surface area contributed by atoms with Crippen molar-refractivity contribution in [2.45, 2.75) is 25.8 Å². The lowest BCUT2D eigenvalue weighted by molar-refractivity contribution is 0.0747. The van der Waals surface area contributed by atoms with Gasteiger partial charge < -0.3 is 10.2 Å². The number of rotatable bonds is 4. The van der Waals surface area contributed by atoms with Crippen molar-refractivity contribution < 1.29 is 9.18 Å². The number of aromatic nitrogens is 1. The largest absolute Gasteiger partial charge is 0.337 e. The van der Waals surface area contributed by atoms with Gasteiger partial charge in [0.2, 0.25) is 0 Å². The van der Waals surface area contributed by atoms with E-state index in [-0.39, 0.29) is 17.8 Å². The van der Waals surface area contributed by atoms with Crippen LogP contribution in [0.15, 0.2) is 24.3 Å². The van der Waals surface area contributed by atoms with Crippen molar-refractivity contribution in [3.63, 3.8) is 0 Å². The van der Waals surface area contributed by atoms with Crippen molar-refractivity contribution in [2.24, 2.45) is 0 Å². The van der Waals surface area contributed by atoms with E-state index in [1.54, 1.807) is 12.1 Å². The zero-order valence-corrected chi connectivity index (χ0v) is 14.1. The number of thiazole rings is 1. The standard InChI is InChI=1S/C17H20FN3OS/c1-11-16(17(22)21(2)14-7-8-19-10-14)23-15(20-11)9-12-3-5-13(18)6-4-12/h3-6,14,19H,7-10H2,1-2H3. The molecule has 1 fully saturated rings. The molecule has 2 aromatic rings. The van der Waals surface area contributed by atoms with Crippen LogP contribution in [0.3, 0.4) is 0 Å². The molecule has 122 valence electrons. The molecule has 0 spiro atoms. The lowest BCUT2D eigenvalue weighted by Gasteiger charge is -2.23. The second kappa shape index (κ2) is 6.76. The van der Waals surface area contributed by atoms with E-state index in [9.17, 15) is 9.18 Å². The van der Waals surface area contributed by atoms with Crippen LogP contribution in [0.25, 0.3) is 0 Å². The van der Waals surface area contributed by atoms with Crippen molar-refractivity contribution in [1.82, 2.24) is 15.2 Å². The van der Waals surface area contributed by atoms with E-state index in [2.05, 4.69) is 10.3 Å². The number of aryl methyl sites for hydroxylation is 1. The molecule has 6 heteroatoms. The molecule has 0 bridgehead atoms. The van der Waals surface area contributed by atoms with E-state index < -0.39 is 0 Å². The summed E-state index contributed by atoms with van der Waals surface area (Å²) in [7, 11) is 1.86. The molecule has 1 atom stereocenters. The average molecular weight is 333 g/mol. The fourth-order valence-electron chi connectivity index (χ4n) is 2.80. The van der Waals surface area contributed by atoms with E-state index >= 15 is 0 Å². The van der Waals surface area contributed by atoms with Gasteiger partial charge in [-0.25, -0.2) is 9.37 Å². The number of carbonyl (C=O) groups is 1. The molecule has 23 heavy (non-hydrogen) atoms. The summed E-state index contributed by atoms with van der Waals surface area (Å²) in [5.74, 6) is -0.203. The van der Waals surface area contributed by atoms with Gasteiger partial charge in [0.1, 0.15) is 10.7 Å². The van der Waals surface area contributed by atoms with Gasteiger partial charge in [0.25, 0.3) is 5.91 Å². The Morgan fingerprint density at radius 2 is 2.17 bits per heavy atom. The van der Waals surface area contributed by atoms with Crippen LogP contribution in [0, 0.1) is 12.7 Å². The van der Waals surface area contributed by atoms with Crippen LogP contribution >= 0.6 is 11.3 Å². The molecule has 1 aromatic carbocycles. The van der Waals surface area contributed by atoms with Gasteiger partial charge in [-0.1, -0.05) is 12.1 Å². The van der Waals surface area contributed by atoms with Gasteiger partial charge in [0.05, 0.1) is 10.7 Å². The van der Waals surface area contributed by atoms with Gasteiger partial charge in [-0.2, -0.15) is 0 Å². The fourth-order valence-corrected chi connectivity index (χ4v) is 3.88. The number of amides is 1. The molecule has 1 N–H and O–H groups in total. The predicted octanol–water partition coefficient (Wildman–Crippen LogP) is 2.62. The lowest BCUT2D eigenvalue weighted by Crippen LogP contribution is -2.38. The first-order valence-corrected chi connectivity index (χ1v) is 8.55. The summed E-state index contributed by atoms with van der Waals surface area (Å²) in [4.78, 5) is 19.7. The van der Waals surface area contributed by atoms with Crippen LogP contribution in [-0.2, 0) is 6.42 Å². The Morgan fingerprint density at radius 3 is 2.83 bits per heavy atom. The van der Waals surface area contributed by atoms with Crippen LogP contribution in [-0.4, -0.2) is 42.0 Å². The molecule has 2 heterocycles. The third kappa shape index (κ3) is 3.59. The second-order valence-corrected chi connectivity index (χ2v) is 6.97. The maximum atomic E-state index is 13.0. The summed E-state index contributed by atoms with van der Waals surface area (Å²) in [6.07, 6.45) is 1.61. The quantitative estimate of drug-likeness (QED) is 0.935. The molecule has 4 nitrogen and oxygen atoms in total. The highest BCUT2D eigenvalue weighted by atomic mass is 32.1. The summed E-state index contributed by atoms with van der Waals surface area (Å²) >= 11 is 1.44. The van der Waals surface area contributed by atoms with Gasteiger partial charge in [-0.05, 0) is 37.6 Å². The van der Waals surface area contributed by atoms with E-state index in [0.29, 0.717) is 11.3 Å². The highest BCUT2D eigenvalue weighted by Gasteiger charge is 2.26. The van der Waals surface area contributed by atoms with Crippen molar-refractivity contribution in [2.75, 3.05) is 20.1 Å². The first kappa shape index (κ1) is 16.1. The second-order valence-electron chi connectivity index (χ2n) is 5.89. The molecule has 1 amide bonds. The maximum absolute atomic E-state index is 13.0. The Bertz CT molecular complexity index is 692. The molecular formula is C17H20FN3OS. The number of benzene rings is 1. The SMILES string of the molecule is Cc1nc(Cc2ccc(F)cc2)sc1C(=O)N(C)C1CCNC1. The van der Waals surface area contributed by atoms with Gasteiger partial charge in [0, 0.05) is 26.1 Å². The van der Waals surface area contributed by atoms with Crippen LogP contribution in [0.4, 0.5) is 4.39 Å². The van der Waals surface area contributed by atoms with Crippen molar-refractivity contribution >= 4 is 17.2 Å². The summed E-state index contributed by atoms with van der Waals surface area (Å²) in [5.41, 5.74) is 1.77. The Kier molecular flexibility index (Phi) is 4.73. The minimum absolute atomic E-state index is 0.0408. The number of carbonyl (C=O) groups excluding carboxylic acids is 1. The van der Waals surface area contributed by atoms with E-state index in [0.717, 1.165) is 35.8 Å². The van der Waals surface area contributed by atoms with Crippen molar-refractivity contribution in [3.8, 4) is 0 Å². The normalized spacial score (nSPS) is 17.4. The minimum atomic E-state index is -0.244. The maximum Gasteiger partial charge on any atom is 0.265 e. The first-order valence-electron chi connectivity index (χ1n) is 7.73. The number of hydrogen-bond acceptors (Lipinski definition) is 4. The summed E-state index contributed by atoms with van der Waals surface area (Å²) < 4.78 is 13.0. The van der Waals surface area contributed by atoms with Crippen LogP contribution in [0.5, 0.6) is 0 Å². The van der Waals surface area contributed by atoms with Gasteiger partial charge in [0.15, 0.2) is 0 Å². The van der Waals surface area contributed by atoms with Crippen LogP contribution in [0.1, 0.15) is 32.4 Å². The average Bonchev–Trinajstić information content (AvgIpc) is 3.18. The monoisotopic (exact) mass is 333 g/mol. The number of likely N-dealkylation sites (N-methyl/N-ethyl adjacent to an activating group) is 1. The topological polar surface area (TPSA) is 45.2 Å². The van der Waals surface area contributed by atoms with Crippen molar-refractivity contribution in [3.05, 3.63) is 51.2 Å². The Balaban J connectivity index is 1.74. The minimum Gasteiger partial charge on any atom is -0.337 e. The third-order valence-electron chi connectivity index (χ3n) is 4.21. The highest BCUT2D eigenvalue weighted by Crippen LogP contribution is 2.23. The number of nitrogens with one attached hydrogen (secondary N) is 1. The molecule has 1 aliphatic heterocycles.